The summed E-state index contributed by atoms with van der Waals surface area (Å²) in [6.45, 7) is 8.50. The Hall–Kier alpha value is -0.120. The van der Waals surface area contributed by atoms with Gasteiger partial charge >= 0.3 is 0 Å². The maximum Gasteiger partial charge on any atom is 0.0618 e. The fourth-order valence-electron chi connectivity index (χ4n) is 1.34. The highest BCUT2D eigenvalue weighted by Crippen LogP contribution is 2.04. The van der Waals surface area contributed by atoms with Gasteiger partial charge in [0.1, 0.15) is 0 Å². The van der Waals surface area contributed by atoms with E-state index in [0.29, 0.717) is 17.9 Å². The van der Waals surface area contributed by atoms with E-state index < -0.39 is 0 Å². The number of aliphatic hydroxyl groups is 1. The smallest absolute Gasteiger partial charge is 0.0618 e. The van der Waals surface area contributed by atoms with Gasteiger partial charge in [-0.25, -0.2) is 0 Å². The lowest BCUT2D eigenvalue weighted by Crippen LogP contribution is -2.40. The molecule has 2 N–H and O–H groups in total. The van der Waals surface area contributed by atoms with Gasteiger partial charge in [0, 0.05) is 19.8 Å². The summed E-state index contributed by atoms with van der Waals surface area (Å²) in [5, 5.41) is 12.2. The van der Waals surface area contributed by atoms with Crippen LogP contribution >= 0.6 is 0 Å². The summed E-state index contributed by atoms with van der Waals surface area (Å²) < 4.78 is 5.15. The molecule has 0 aromatic carbocycles. The zero-order valence-corrected chi connectivity index (χ0v) is 9.92. The molecule has 0 spiro atoms. The Balaban J connectivity index is 3.69. The molecular weight excluding hydrogens is 178 g/mol. The van der Waals surface area contributed by atoms with Crippen molar-refractivity contribution in [2.45, 2.75) is 33.2 Å². The third-order valence-electron chi connectivity index (χ3n) is 2.50. The van der Waals surface area contributed by atoms with Crippen molar-refractivity contribution in [1.82, 2.24) is 5.32 Å². The summed E-state index contributed by atoms with van der Waals surface area (Å²) in [5.41, 5.74) is 0. The molecule has 0 saturated heterocycles. The van der Waals surface area contributed by atoms with E-state index in [-0.39, 0.29) is 6.61 Å². The van der Waals surface area contributed by atoms with Crippen LogP contribution in [0.2, 0.25) is 0 Å². The lowest BCUT2D eigenvalue weighted by Gasteiger charge is -2.23. The Morgan fingerprint density at radius 3 is 2.36 bits per heavy atom. The summed E-state index contributed by atoms with van der Waals surface area (Å²) in [6, 6.07) is 0.418. The average Bonchev–Trinajstić information content (AvgIpc) is 2.12. The molecule has 0 heterocycles. The second-order valence-corrected chi connectivity index (χ2v) is 4.33. The van der Waals surface area contributed by atoms with E-state index in [9.17, 15) is 0 Å². The van der Waals surface area contributed by atoms with Crippen LogP contribution in [0.15, 0.2) is 0 Å². The molecule has 0 aromatic heterocycles. The molecule has 2 atom stereocenters. The summed E-state index contributed by atoms with van der Waals surface area (Å²) in [7, 11) is 1.73. The molecule has 0 amide bonds. The molecule has 0 aliphatic rings. The van der Waals surface area contributed by atoms with Gasteiger partial charge in [0.2, 0.25) is 0 Å². The Morgan fingerprint density at radius 2 is 1.93 bits per heavy atom. The Labute approximate surface area is 87.8 Å². The molecule has 0 saturated carbocycles. The Bertz CT molecular complexity index is 128. The Kier molecular flexibility index (Phi) is 8.14. The molecule has 86 valence electrons. The molecule has 0 rings (SSSR count). The molecule has 0 aliphatic carbocycles. The predicted molar refractivity (Wildman–Crippen MR) is 59.4 cm³/mol. The molecule has 0 fully saturated rings. The molecule has 2 unspecified atom stereocenters. The summed E-state index contributed by atoms with van der Waals surface area (Å²) in [6.07, 6.45) is 0.866. The van der Waals surface area contributed by atoms with E-state index >= 15 is 0 Å². The van der Waals surface area contributed by atoms with Gasteiger partial charge in [0.15, 0.2) is 0 Å². The molecule has 0 bridgehead atoms. The van der Waals surface area contributed by atoms with Crippen molar-refractivity contribution in [3.63, 3.8) is 0 Å². The van der Waals surface area contributed by atoms with E-state index in [1.165, 1.54) is 0 Å². The minimum atomic E-state index is 0.277. The number of ether oxygens (including phenoxy) is 1. The first-order chi connectivity index (χ1) is 6.61. The number of hydrogen-bond acceptors (Lipinski definition) is 3. The number of aliphatic hydroxyl groups excluding tert-OH is 1. The first kappa shape index (κ1) is 13.9. The summed E-state index contributed by atoms with van der Waals surface area (Å²) >= 11 is 0. The van der Waals surface area contributed by atoms with E-state index in [4.69, 9.17) is 9.84 Å². The van der Waals surface area contributed by atoms with Gasteiger partial charge in [-0.2, -0.15) is 0 Å². The third kappa shape index (κ3) is 6.35. The first-order valence-corrected chi connectivity index (χ1v) is 5.45. The second-order valence-electron chi connectivity index (χ2n) is 4.33. The number of methoxy groups -OCH3 is 1. The van der Waals surface area contributed by atoms with Crippen LogP contribution in [0.5, 0.6) is 0 Å². The van der Waals surface area contributed by atoms with E-state index in [1.807, 2.05) is 0 Å². The molecule has 0 aromatic rings. The average molecular weight is 203 g/mol. The van der Waals surface area contributed by atoms with Gasteiger partial charge in [-0.05, 0) is 24.8 Å². The molecule has 3 nitrogen and oxygen atoms in total. The van der Waals surface area contributed by atoms with Crippen LogP contribution in [-0.2, 0) is 4.74 Å². The van der Waals surface area contributed by atoms with E-state index in [0.717, 1.165) is 19.6 Å². The van der Waals surface area contributed by atoms with Gasteiger partial charge in [0.05, 0.1) is 6.61 Å². The first-order valence-electron chi connectivity index (χ1n) is 5.45. The van der Waals surface area contributed by atoms with Crippen LogP contribution in [0.3, 0.4) is 0 Å². The zero-order valence-electron chi connectivity index (χ0n) is 9.92. The second kappa shape index (κ2) is 8.21. The fraction of sp³-hybridized carbons (Fsp3) is 1.00. The molecule has 3 heteroatoms. The van der Waals surface area contributed by atoms with Crippen LogP contribution in [0.4, 0.5) is 0 Å². The minimum absolute atomic E-state index is 0.277. The molecule has 0 aliphatic heterocycles. The zero-order chi connectivity index (χ0) is 11.0. The predicted octanol–water partition coefficient (Wildman–Crippen LogP) is 1.27. The fourth-order valence-corrected chi connectivity index (χ4v) is 1.34. The van der Waals surface area contributed by atoms with Crippen LogP contribution in [0.25, 0.3) is 0 Å². The number of nitrogens with one attached hydrogen (secondary N) is 1. The van der Waals surface area contributed by atoms with Crippen LogP contribution in [0.1, 0.15) is 27.2 Å². The van der Waals surface area contributed by atoms with Crippen molar-refractivity contribution in [3.05, 3.63) is 0 Å². The van der Waals surface area contributed by atoms with Crippen molar-refractivity contribution in [2.24, 2.45) is 11.8 Å². The highest BCUT2D eigenvalue weighted by atomic mass is 16.5. The van der Waals surface area contributed by atoms with Crippen molar-refractivity contribution >= 4 is 0 Å². The number of hydrogen-bond donors (Lipinski definition) is 2. The lowest BCUT2D eigenvalue weighted by molar-refractivity contribution is 0.143. The maximum atomic E-state index is 8.76. The standard InChI is InChI=1S/C11H25NO2/c1-9(2)11(8-14-4)12-7-10(3)5-6-13/h9-13H,5-8H2,1-4H3. The van der Waals surface area contributed by atoms with Gasteiger partial charge in [-0.15, -0.1) is 0 Å². The van der Waals surface area contributed by atoms with Crippen molar-refractivity contribution in [2.75, 3.05) is 26.9 Å². The SMILES string of the molecule is COCC(NCC(C)CCO)C(C)C. The van der Waals surface area contributed by atoms with Crippen molar-refractivity contribution in [3.8, 4) is 0 Å². The van der Waals surface area contributed by atoms with Crippen LogP contribution in [0, 0.1) is 11.8 Å². The van der Waals surface area contributed by atoms with Gasteiger partial charge in [0.25, 0.3) is 0 Å². The largest absolute Gasteiger partial charge is 0.396 e. The minimum Gasteiger partial charge on any atom is -0.396 e. The highest BCUT2D eigenvalue weighted by molar-refractivity contribution is 4.71. The van der Waals surface area contributed by atoms with Gasteiger partial charge in [-0.1, -0.05) is 20.8 Å². The van der Waals surface area contributed by atoms with Crippen LogP contribution in [-0.4, -0.2) is 38.0 Å². The van der Waals surface area contributed by atoms with Gasteiger partial charge in [-0.3, -0.25) is 0 Å². The van der Waals surface area contributed by atoms with Crippen molar-refractivity contribution in [1.29, 1.82) is 0 Å². The topological polar surface area (TPSA) is 41.5 Å². The van der Waals surface area contributed by atoms with E-state index in [2.05, 4.69) is 26.1 Å². The molecule has 14 heavy (non-hydrogen) atoms. The lowest BCUT2D eigenvalue weighted by atomic mass is 10.0. The normalized spacial score (nSPS) is 15.9. The van der Waals surface area contributed by atoms with Gasteiger partial charge < -0.3 is 15.2 Å². The summed E-state index contributed by atoms with van der Waals surface area (Å²) in [4.78, 5) is 0. The van der Waals surface area contributed by atoms with Crippen LogP contribution < -0.4 is 5.32 Å². The monoisotopic (exact) mass is 203 g/mol. The molecular formula is C11H25NO2. The maximum absolute atomic E-state index is 8.76. The van der Waals surface area contributed by atoms with E-state index in [1.54, 1.807) is 7.11 Å². The number of rotatable bonds is 8. The highest BCUT2D eigenvalue weighted by Gasteiger charge is 2.13. The quantitative estimate of drug-likeness (QED) is 0.624. The third-order valence-corrected chi connectivity index (χ3v) is 2.50. The molecule has 0 radical (unpaired) electrons. The summed E-state index contributed by atoms with van der Waals surface area (Å²) in [5.74, 6) is 1.11. The Morgan fingerprint density at radius 1 is 1.29 bits per heavy atom. The van der Waals surface area contributed by atoms with Crippen molar-refractivity contribution < 1.29 is 9.84 Å².